The molecule has 1 aliphatic rings. The Morgan fingerprint density at radius 2 is 1.97 bits per heavy atom. The van der Waals surface area contributed by atoms with E-state index in [1.807, 2.05) is 31.2 Å². The number of likely N-dealkylation sites (N-methyl/N-ethyl adjacent to an activating group) is 1. The van der Waals surface area contributed by atoms with E-state index in [-0.39, 0.29) is 17.6 Å². The smallest absolute Gasteiger partial charge is 0.335 e. The Hall–Kier alpha value is -3.23. The van der Waals surface area contributed by atoms with Crippen molar-refractivity contribution in [3.8, 4) is 5.69 Å². The first-order chi connectivity index (χ1) is 15.8. The second-order valence-corrected chi connectivity index (χ2v) is 9.03. The van der Waals surface area contributed by atoms with Crippen LogP contribution in [-0.2, 0) is 0 Å². The number of nitrogens with zero attached hydrogens (tertiary/aromatic N) is 4. The number of nitrogens with one attached hydrogen (secondary N) is 1. The van der Waals surface area contributed by atoms with Crippen LogP contribution in [0, 0.1) is 13.8 Å². The molecule has 0 aliphatic carbocycles. The summed E-state index contributed by atoms with van der Waals surface area (Å²) < 4.78 is 2.11. The highest BCUT2D eigenvalue weighted by Gasteiger charge is 2.41. The number of hydrogen-bond acceptors (Lipinski definition) is 4. The maximum Gasteiger partial charge on any atom is 0.335 e. The third-order valence-corrected chi connectivity index (χ3v) is 6.48. The molecule has 1 saturated heterocycles. The minimum Gasteiger partial charge on any atom is -0.478 e. The van der Waals surface area contributed by atoms with E-state index in [1.165, 1.54) is 0 Å². The van der Waals surface area contributed by atoms with E-state index in [2.05, 4.69) is 51.8 Å². The number of thiocarbonyl (C=S) groups is 1. The third kappa shape index (κ3) is 4.49. The number of hydrogen-bond donors (Lipinski definition) is 2. The van der Waals surface area contributed by atoms with E-state index in [1.54, 1.807) is 24.4 Å². The monoisotopic (exact) mass is 463 g/mol. The highest BCUT2D eigenvalue weighted by Crippen LogP contribution is 2.41. The quantitative estimate of drug-likeness (QED) is 0.517. The zero-order valence-corrected chi connectivity index (χ0v) is 20.1. The van der Waals surface area contributed by atoms with Crippen LogP contribution in [0.2, 0.25) is 0 Å². The normalized spacial score (nSPS) is 18.1. The molecule has 2 atom stereocenters. The lowest BCUT2D eigenvalue weighted by Crippen LogP contribution is -2.35. The Kier molecular flexibility index (Phi) is 6.49. The number of aromatic nitrogens is 2. The van der Waals surface area contributed by atoms with Crippen LogP contribution in [-0.4, -0.2) is 62.7 Å². The van der Waals surface area contributed by atoms with Gasteiger partial charge in [-0.15, -0.1) is 0 Å². The summed E-state index contributed by atoms with van der Waals surface area (Å²) in [7, 11) is 4.11. The van der Waals surface area contributed by atoms with Crippen molar-refractivity contribution in [1.29, 1.82) is 0 Å². The molecule has 1 fully saturated rings. The number of rotatable bonds is 7. The molecule has 0 amide bonds. The van der Waals surface area contributed by atoms with Gasteiger partial charge < -0.3 is 24.8 Å². The third-order valence-electron chi connectivity index (χ3n) is 6.13. The van der Waals surface area contributed by atoms with Crippen LogP contribution < -0.4 is 5.32 Å². The maximum absolute atomic E-state index is 11.5. The van der Waals surface area contributed by atoms with Gasteiger partial charge in [-0.1, -0.05) is 12.1 Å². The molecule has 1 aromatic carbocycles. The van der Waals surface area contributed by atoms with Crippen LogP contribution in [0.4, 0.5) is 0 Å². The second kappa shape index (κ2) is 9.33. The SMILES string of the molecule is Cc1cc([C@H]2[C@@H](c3ccccn3)NC(=S)N2CCN(C)C)c(C)n1-c1cccc(C(=O)O)c1. The van der Waals surface area contributed by atoms with Crippen LogP contribution in [0.1, 0.15) is 45.1 Å². The minimum atomic E-state index is -0.935. The molecule has 8 heteroatoms. The van der Waals surface area contributed by atoms with Gasteiger partial charge in [-0.25, -0.2) is 4.79 Å². The molecular weight excluding hydrogens is 434 g/mol. The zero-order valence-electron chi connectivity index (χ0n) is 19.3. The van der Waals surface area contributed by atoms with Crippen molar-refractivity contribution in [2.24, 2.45) is 0 Å². The van der Waals surface area contributed by atoms with Gasteiger partial charge in [0.15, 0.2) is 5.11 Å². The summed E-state index contributed by atoms with van der Waals surface area (Å²) in [5.74, 6) is -0.935. The number of aromatic carboxylic acids is 1. The predicted octanol–water partition coefficient (Wildman–Crippen LogP) is 3.72. The molecule has 0 saturated carbocycles. The van der Waals surface area contributed by atoms with E-state index < -0.39 is 5.97 Å². The summed E-state index contributed by atoms with van der Waals surface area (Å²) >= 11 is 5.77. The molecule has 33 heavy (non-hydrogen) atoms. The van der Waals surface area contributed by atoms with Crippen molar-refractivity contribution in [1.82, 2.24) is 24.7 Å². The molecule has 0 radical (unpaired) electrons. The van der Waals surface area contributed by atoms with Crippen LogP contribution in [0.25, 0.3) is 5.69 Å². The Morgan fingerprint density at radius 3 is 2.64 bits per heavy atom. The van der Waals surface area contributed by atoms with Gasteiger partial charge in [0.2, 0.25) is 0 Å². The highest BCUT2D eigenvalue weighted by molar-refractivity contribution is 7.80. The Balaban J connectivity index is 1.81. The van der Waals surface area contributed by atoms with Crippen LogP contribution in [0.5, 0.6) is 0 Å². The van der Waals surface area contributed by atoms with Crippen molar-refractivity contribution in [2.75, 3.05) is 27.2 Å². The van der Waals surface area contributed by atoms with E-state index in [0.717, 1.165) is 46.5 Å². The summed E-state index contributed by atoms with van der Waals surface area (Å²) in [6, 6.07) is 15.0. The fraction of sp³-hybridized carbons (Fsp3) is 0.320. The molecule has 2 N–H and O–H groups in total. The van der Waals surface area contributed by atoms with E-state index in [9.17, 15) is 9.90 Å². The van der Waals surface area contributed by atoms with Crippen molar-refractivity contribution in [3.05, 3.63) is 82.9 Å². The van der Waals surface area contributed by atoms with Crippen molar-refractivity contribution < 1.29 is 9.90 Å². The first-order valence-electron chi connectivity index (χ1n) is 10.9. The number of carbonyl (C=O) groups is 1. The fourth-order valence-electron chi connectivity index (χ4n) is 4.55. The van der Waals surface area contributed by atoms with Gasteiger partial charge in [0, 0.05) is 36.4 Å². The fourth-order valence-corrected chi connectivity index (χ4v) is 4.89. The number of benzene rings is 1. The van der Waals surface area contributed by atoms with Gasteiger partial charge >= 0.3 is 5.97 Å². The van der Waals surface area contributed by atoms with Crippen LogP contribution in [0.15, 0.2) is 54.7 Å². The number of pyridine rings is 1. The topological polar surface area (TPSA) is 73.6 Å². The standard InChI is InChI=1S/C25H29N5O2S/c1-16-14-20(17(2)30(16)19-9-7-8-18(15-19)24(31)32)23-22(21-10-5-6-11-26-21)27-25(33)29(23)13-12-28(3)4/h5-11,14-15,22-23H,12-13H2,1-4H3,(H,27,33)(H,31,32)/t22-,23+/m1/s1. The van der Waals surface area contributed by atoms with Crippen molar-refractivity contribution in [2.45, 2.75) is 25.9 Å². The summed E-state index contributed by atoms with van der Waals surface area (Å²) in [5.41, 5.74) is 5.28. The average molecular weight is 464 g/mol. The molecule has 3 aromatic rings. The largest absolute Gasteiger partial charge is 0.478 e. The Labute approximate surface area is 199 Å². The Bertz CT molecular complexity index is 1170. The minimum absolute atomic E-state index is 0.0324. The van der Waals surface area contributed by atoms with E-state index in [4.69, 9.17) is 12.2 Å². The molecule has 3 heterocycles. The van der Waals surface area contributed by atoms with Gasteiger partial charge in [0.1, 0.15) is 0 Å². The second-order valence-electron chi connectivity index (χ2n) is 8.64. The van der Waals surface area contributed by atoms with Crippen molar-refractivity contribution in [3.63, 3.8) is 0 Å². The number of carboxylic acid groups (broad SMARTS) is 1. The number of aryl methyl sites for hydroxylation is 1. The molecule has 4 rings (SSSR count). The van der Waals surface area contributed by atoms with E-state index in [0.29, 0.717) is 0 Å². The summed E-state index contributed by atoms with van der Waals surface area (Å²) in [6.45, 7) is 5.78. The molecule has 1 aliphatic heterocycles. The van der Waals surface area contributed by atoms with Gasteiger partial charge in [-0.05, 0) is 82.1 Å². The Morgan fingerprint density at radius 1 is 1.18 bits per heavy atom. The number of carboxylic acids is 1. The van der Waals surface area contributed by atoms with Crippen LogP contribution in [0.3, 0.4) is 0 Å². The van der Waals surface area contributed by atoms with Crippen LogP contribution >= 0.6 is 12.2 Å². The molecular formula is C25H29N5O2S. The summed E-state index contributed by atoms with van der Waals surface area (Å²) in [4.78, 5) is 20.5. The van der Waals surface area contributed by atoms with Gasteiger partial charge in [-0.2, -0.15) is 0 Å². The molecule has 0 unspecified atom stereocenters. The average Bonchev–Trinajstić information content (AvgIpc) is 3.27. The van der Waals surface area contributed by atoms with Gasteiger partial charge in [0.05, 0.1) is 23.3 Å². The van der Waals surface area contributed by atoms with Gasteiger partial charge in [-0.3, -0.25) is 4.98 Å². The molecule has 0 bridgehead atoms. The summed E-state index contributed by atoms with van der Waals surface area (Å²) in [6.07, 6.45) is 1.81. The molecule has 2 aromatic heterocycles. The zero-order chi connectivity index (χ0) is 23.7. The lowest BCUT2D eigenvalue weighted by molar-refractivity contribution is 0.0697. The molecule has 0 spiro atoms. The summed E-state index contributed by atoms with van der Waals surface area (Å²) in [5, 5.41) is 13.7. The predicted molar refractivity (Wildman–Crippen MR) is 133 cm³/mol. The lowest BCUT2D eigenvalue weighted by Gasteiger charge is -2.29. The first kappa shape index (κ1) is 22.9. The molecule has 172 valence electrons. The lowest BCUT2D eigenvalue weighted by atomic mass is 9.96. The maximum atomic E-state index is 11.5. The van der Waals surface area contributed by atoms with Crippen molar-refractivity contribution >= 4 is 23.3 Å². The highest BCUT2D eigenvalue weighted by atomic mass is 32.1. The first-order valence-corrected chi connectivity index (χ1v) is 11.3. The van der Waals surface area contributed by atoms with E-state index >= 15 is 0 Å². The van der Waals surface area contributed by atoms with Gasteiger partial charge in [0.25, 0.3) is 0 Å². The molecule has 7 nitrogen and oxygen atoms in total.